The summed E-state index contributed by atoms with van der Waals surface area (Å²) in [5.41, 5.74) is 2.80. The van der Waals surface area contributed by atoms with Gasteiger partial charge in [-0.1, -0.05) is 13.0 Å². The lowest BCUT2D eigenvalue weighted by atomic mass is 10.3. The van der Waals surface area contributed by atoms with Crippen LogP contribution in [-0.4, -0.2) is 26.3 Å². The molecule has 0 radical (unpaired) electrons. The Bertz CT molecular complexity index is 556. The van der Waals surface area contributed by atoms with Gasteiger partial charge in [-0.05, 0) is 6.92 Å². The Morgan fingerprint density at radius 2 is 2.18 bits per heavy atom. The first-order chi connectivity index (χ1) is 8.17. The van der Waals surface area contributed by atoms with Gasteiger partial charge in [-0.15, -0.1) is 6.58 Å². The molecule has 0 aliphatic heterocycles. The Labute approximate surface area is 101 Å². The van der Waals surface area contributed by atoms with Crippen LogP contribution in [0, 0.1) is 6.92 Å². The molecule has 5 nitrogen and oxygen atoms in total. The summed E-state index contributed by atoms with van der Waals surface area (Å²) in [7, 11) is 1.91. The molecule has 0 aromatic carbocycles. The normalized spacial score (nSPS) is 10.8. The third kappa shape index (κ3) is 2.00. The molecule has 0 spiro atoms. The fraction of sp³-hybridized carbons (Fsp3) is 0.417. The van der Waals surface area contributed by atoms with Gasteiger partial charge < -0.3 is 5.32 Å². The summed E-state index contributed by atoms with van der Waals surface area (Å²) in [6.45, 7) is 8.39. The number of hydrogen-bond donors (Lipinski definition) is 1. The molecule has 17 heavy (non-hydrogen) atoms. The zero-order valence-electron chi connectivity index (χ0n) is 10.5. The second kappa shape index (κ2) is 4.53. The van der Waals surface area contributed by atoms with Crippen LogP contribution in [0.4, 0.5) is 5.82 Å². The van der Waals surface area contributed by atoms with Gasteiger partial charge in [-0.3, -0.25) is 4.68 Å². The van der Waals surface area contributed by atoms with Crippen LogP contribution in [0.5, 0.6) is 0 Å². The first-order valence-corrected chi connectivity index (χ1v) is 5.72. The van der Waals surface area contributed by atoms with Gasteiger partial charge in [0.1, 0.15) is 16.9 Å². The quantitative estimate of drug-likeness (QED) is 0.816. The van der Waals surface area contributed by atoms with Crippen molar-refractivity contribution in [3.05, 3.63) is 24.2 Å². The molecule has 0 saturated heterocycles. The standard InChI is InChI=1S/C12H17N5/c1-5-7-13-12-11-10(8(3)16-17(11)4)14-9(6-2)15-12/h5H,1,6-7H2,2-4H3,(H,13,14,15). The lowest BCUT2D eigenvalue weighted by molar-refractivity contribution is 0.782. The number of nitrogens with zero attached hydrogens (tertiary/aromatic N) is 4. The van der Waals surface area contributed by atoms with Crippen LogP contribution in [0.25, 0.3) is 11.0 Å². The van der Waals surface area contributed by atoms with Gasteiger partial charge in [0, 0.05) is 20.0 Å². The van der Waals surface area contributed by atoms with Gasteiger partial charge in [-0.2, -0.15) is 5.10 Å². The predicted molar refractivity (Wildman–Crippen MR) is 69.1 cm³/mol. The summed E-state index contributed by atoms with van der Waals surface area (Å²) in [5, 5.41) is 7.62. The monoisotopic (exact) mass is 231 g/mol. The van der Waals surface area contributed by atoms with E-state index in [0.717, 1.165) is 34.8 Å². The molecule has 0 amide bonds. The van der Waals surface area contributed by atoms with Crippen molar-refractivity contribution in [3.63, 3.8) is 0 Å². The minimum absolute atomic E-state index is 0.680. The van der Waals surface area contributed by atoms with E-state index in [4.69, 9.17) is 0 Å². The van der Waals surface area contributed by atoms with E-state index in [1.54, 1.807) is 0 Å². The van der Waals surface area contributed by atoms with E-state index in [1.165, 1.54) is 0 Å². The number of aryl methyl sites for hydroxylation is 3. The summed E-state index contributed by atoms with van der Waals surface area (Å²) in [6.07, 6.45) is 2.62. The summed E-state index contributed by atoms with van der Waals surface area (Å²) < 4.78 is 1.82. The van der Waals surface area contributed by atoms with Crippen molar-refractivity contribution in [2.24, 2.45) is 7.05 Å². The smallest absolute Gasteiger partial charge is 0.156 e. The van der Waals surface area contributed by atoms with Gasteiger partial charge in [0.15, 0.2) is 5.82 Å². The van der Waals surface area contributed by atoms with Crippen molar-refractivity contribution in [2.45, 2.75) is 20.3 Å². The van der Waals surface area contributed by atoms with E-state index in [1.807, 2.05) is 31.7 Å². The van der Waals surface area contributed by atoms with Crippen molar-refractivity contribution in [2.75, 3.05) is 11.9 Å². The molecule has 0 bridgehead atoms. The maximum absolute atomic E-state index is 4.52. The topological polar surface area (TPSA) is 55.6 Å². The molecular formula is C12H17N5. The molecule has 1 N–H and O–H groups in total. The number of aromatic nitrogens is 4. The van der Waals surface area contributed by atoms with Crippen LogP contribution in [0.2, 0.25) is 0 Å². The minimum atomic E-state index is 0.680. The summed E-state index contributed by atoms with van der Waals surface area (Å²) >= 11 is 0. The van der Waals surface area contributed by atoms with Crippen molar-refractivity contribution in [3.8, 4) is 0 Å². The highest BCUT2D eigenvalue weighted by Crippen LogP contribution is 2.22. The highest BCUT2D eigenvalue weighted by molar-refractivity contribution is 5.87. The largest absolute Gasteiger partial charge is 0.365 e. The first kappa shape index (κ1) is 11.6. The summed E-state index contributed by atoms with van der Waals surface area (Å²) in [6, 6.07) is 0. The predicted octanol–water partition coefficient (Wildman–Crippen LogP) is 1.83. The SMILES string of the molecule is C=CCNc1nc(CC)nc2c(C)nn(C)c12. The molecule has 0 aliphatic rings. The van der Waals surface area contributed by atoms with Gasteiger partial charge in [-0.25, -0.2) is 9.97 Å². The third-order valence-corrected chi connectivity index (χ3v) is 2.63. The average Bonchev–Trinajstić information content (AvgIpc) is 2.62. The number of hydrogen-bond acceptors (Lipinski definition) is 4. The Morgan fingerprint density at radius 1 is 1.41 bits per heavy atom. The van der Waals surface area contributed by atoms with Gasteiger partial charge in [0.05, 0.1) is 5.69 Å². The van der Waals surface area contributed by atoms with E-state index in [9.17, 15) is 0 Å². The highest BCUT2D eigenvalue weighted by Gasteiger charge is 2.13. The summed E-state index contributed by atoms with van der Waals surface area (Å²) in [5.74, 6) is 1.66. The maximum atomic E-state index is 4.52. The molecule has 2 heterocycles. The van der Waals surface area contributed by atoms with Gasteiger partial charge in [0.25, 0.3) is 0 Å². The molecule has 0 fully saturated rings. The molecule has 2 rings (SSSR count). The Hall–Kier alpha value is -1.91. The zero-order chi connectivity index (χ0) is 12.4. The van der Waals surface area contributed by atoms with Crippen molar-refractivity contribution in [1.82, 2.24) is 19.7 Å². The van der Waals surface area contributed by atoms with Gasteiger partial charge in [0.2, 0.25) is 0 Å². The fourth-order valence-corrected chi connectivity index (χ4v) is 1.83. The van der Waals surface area contributed by atoms with E-state index in [0.29, 0.717) is 6.54 Å². The summed E-state index contributed by atoms with van der Waals surface area (Å²) in [4.78, 5) is 9.02. The van der Waals surface area contributed by atoms with E-state index in [-0.39, 0.29) is 0 Å². The van der Waals surface area contributed by atoms with Crippen LogP contribution in [0.15, 0.2) is 12.7 Å². The average molecular weight is 231 g/mol. The molecule has 2 aromatic heterocycles. The Balaban J connectivity index is 2.64. The molecule has 0 unspecified atom stereocenters. The highest BCUT2D eigenvalue weighted by atomic mass is 15.3. The number of anilines is 1. The second-order valence-corrected chi connectivity index (χ2v) is 3.92. The van der Waals surface area contributed by atoms with Crippen LogP contribution in [0.3, 0.4) is 0 Å². The number of nitrogens with one attached hydrogen (secondary N) is 1. The van der Waals surface area contributed by atoms with Crippen LogP contribution in [0.1, 0.15) is 18.4 Å². The van der Waals surface area contributed by atoms with Crippen LogP contribution in [-0.2, 0) is 13.5 Å². The lowest BCUT2D eigenvalue weighted by Crippen LogP contribution is -2.06. The van der Waals surface area contributed by atoms with Crippen LogP contribution >= 0.6 is 0 Å². The first-order valence-electron chi connectivity index (χ1n) is 5.72. The van der Waals surface area contributed by atoms with Crippen molar-refractivity contribution < 1.29 is 0 Å². The maximum Gasteiger partial charge on any atom is 0.156 e. The molecule has 0 aliphatic carbocycles. The number of fused-ring (bicyclic) bond motifs is 1. The van der Waals surface area contributed by atoms with Crippen LogP contribution < -0.4 is 5.32 Å². The Morgan fingerprint density at radius 3 is 2.82 bits per heavy atom. The molecule has 2 aromatic rings. The number of rotatable bonds is 4. The van der Waals surface area contributed by atoms with E-state index >= 15 is 0 Å². The molecule has 5 heteroatoms. The molecule has 0 atom stereocenters. The minimum Gasteiger partial charge on any atom is -0.365 e. The second-order valence-electron chi connectivity index (χ2n) is 3.92. The Kier molecular flexibility index (Phi) is 3.08. The molecule has 90 valence electrons. The van der Waals surface area contributed by atoms with E-state index in [2.05, 4.69) is 27.0 Å². The van der Waals surface area contributed by atoms with Crippen molar-refractivity contribution in [1.29, 1.82) is 0 Å². The van der Waals surface area contributed by atoms with Crippen molar-refractivity contribution >= 4 is 16.9 Å². The lowest BCUT2D eigenvalue weighted by Gasteiger charge is -2.07. The molecular weight excluding hydrogens is 214 g/mol. The fourth-order valence-electron chi connectivity index (χ4n) is 1.83. The third-order valence-electron chi connectivity index (χ3n) is 2.63. The van der Waals surface area contributed by atoms with E-state index < -0.39 is 0 Å². The van der Waals surface area contributed by atoms with Gasteiger partial charge >= 0.3 is 0 Å². The molecule has 0 saturated carbocycles. The zero-order valence-corrected chi connectivity index (χ0v) is 10.5.